The number of rotatable bonds is 6. The van der Waals surface area contributed by atoms with Crippen molar-refractivity contribution >= 4 is 22.2 Å². The molecule has 5 nitrogen and oxygen atoms in total. The number of nitro benzene ring substituents is 1. The van der Waals surface area contributed by atoms with E-state index in [2.05, 4.69) is 5.32 Å². The van der Waals surface area contributed by atoms with Crippen LogP contribution in [0.2, 0.25) is 0 Å². The minimum absolute atomic E-state index is 0.0725. The van der Waals surface area contributed by atoms with E-state index >= 15 is 0 Å². The van der Waals surface area contributed by atoms with Crippen molar-refractivity contribution in [2.45, 2.75) is 25.6 Å². The van der Waals surface area contributed by atoms with Gasteiger partial charge in [-0.1, -0.05) is 24.3 Å². The van der Waals surface area contributed by atoms with Gasteiger partial charge < -0.3 is 5.32 Å². The summed E-state index contributed by atoms with van der Waals surface area (Å²) in [4.78, 5) is 10.7. The molecule has 23 heavy (non-hydrogen) atoms. The molecule has 0 aliphatic heterocycles. The van der Waals surface area contributed by atoms with Crippen molar-refractivity contribution in [2.24, 2.45) is 0 Å². The summed E-state index contributed by atoms with van der Waals surface area (Å²) in [7, 11) is -0.887. The van der Waals surface area contributed by atoms with E-state index in [-0.39, 0.29) is 16.7 Å². The molecular weight excluding hydrogens is 312 g/mol. The molecule has 0 radical (unpaired) electrons. The minimum Gasteiger partial charge on any atom is -0.379 e. The molecule has 0 aliphatic rings. The molecule has 0 saturated carbocycles. The van der Waals surface area contributed by atoms with Crippen LogP contribution in [-0.2, 0) is 16.6 Å². The van der Waals surface area contributed by atoms with Crippen LogP contribution in [0.25, 0.3) is 0 Å². The predicted molar refractivity (Wildman–Crippen MR) is 94.1 cm³/mol. The van der Waals surface area contributed by atoms with Gasteiger partial charge >= 0.3 is 0 Å². The normalized spacial score (nSPS) is 13.3. The van der Waals surface area contributed by atoms with E-state index < -0.39 is 10.8 Å². The number of anilines is 1. The standard InChI is InChI=1S/C17H20N2O3S/c1-12-7-8-15(10-17(12)19(20)21)13(2)18-16-6-4-5-14(9-16)11-23(3)22/h4-10,13,18H,11H2,1-3H3/t13-,23+/m0/s1. The highest BCUT2D eigenvalue weighted by molar-refractivity contribution is 7.83. The first-order chi connectivity index (χ1) is 10.9. The highest BCUT2D eigenvalue weighted by Gasteiger charge is 2.14. The zero-order valence-corrected chi connectivity index (χ0v) is 14.2. The second-order valence-corrected chi connectivity index (χ2v) is 7.02. The van der Waals surface area contributed by atoms with Crippen molar-refractivity contribution in [3.05, 3.63) is 69.3 Å². The van der Waals surface area contributed by atoms with Crippen LogP contribution < -0.4 is 5.32 Å². The lowest BCUT2D eigenvalue weighted by Gasteiger charge is -2.16. The summed E-state index contributed by atoms with van der Waals surface area (Å²) >= 11 is 0. The van der Waals surface area contributed by atoms with Gasteiger partial charge in [-0.2, -0.15) is 0 Å². The summed E-state index contributed by atoms with van der Waals surface area (Å²) in [6, 6.07) is 12.9. The number of hydrogen-bond donors (Lipinski definition) is 1. The fraction of sp³-hybridized carbons (Fsp3) is 0.294. The van der Waals surface area contributed by atoms with Gasteiger partial charge in [0.2, 0.25) is 0 Å². The molecule has 0 bridgehead atoms. The van der Waals surface area contributed by atoms with Crippen LogP contribution in [0.4, 0.5) is 11.4 Å². The Bertz CT molecular complexity index is 746. The number of nitrogens with zero attached hydrogens (tertiary/aromatic N) is 1. The molecule has 0 amide bonds. The lowest BCUT2D eigenvalue weighted by atomic mass is 10.0. The zero-order valence-electron chi connectivity index (χ0n) is 13.4. The lowest BCUT2D eigenvalue weighted by molar-refractivity contribution is -0.385. The molecule has 0 heterocycles. The molecule has 2 rings (SSSR count). The van der Waals surface area contributed by atoms with Gasteiger partial charge in [0.1, 0.15) is 0 Å². The second kappa shape index (κ2) is 7.37. The van der Waals surface area contributed by atoms with Crippen LogP contribution in [-0.4, -0.2) is 15.4 Å². The highest BCUT2D eigenvalue weighted by atomic mass is 32.2. The Hall–Kier alpha value is -2.21. The second-order valence-electron chi connectivity index (χ2n) is 5.59. The number of aryl methyl sites for hydroxylation is 1. The van der Waals surface area contributed by atoms with E-state index in [1.165, 1.54) is 0 Å². The van der Waals surface area contributed by atoms with E-state index in [1.807, 2.05) is 37.3 Å². The third kappa shape index (κ3) is 4.63. The summed E-state index contributed by atoms with van der Waals surface area (Å²) in [5.41, 5.74) is 3.54. The quantitative estimate of drug-likeness (QED) is 0.642. The molecule has 2 aromatic rings. The first-order valence-electron chi connectivity index (χ1n) is 7.27. The Labute approximate surface area is 138 Å². The molecule has 0 saturated heterocycles. The molecule has 0 fully saturated rings. The van der Waals surface area contributed by atoms with Gasteiger partial charge in [0, 0.05) is 46.2 Å². The van der Waals surface area contributed by atoms with Crippen LogP contribution in [0.5, 0.6) is 0 Å². The summed E-state index contributed by atoms with van der Waals surface area (Å²) in [5.74, 6) is 0.514. The fourth-order valence-corrected chi connectivity index (χ4v) is 3.06. The first kappa shape index (κ1) is 17.1. The van der Waals surface area contributed by atoms with E-state index in [4.69, 9.17) is 0 Å². The van der Waals surface area contributed by atoms with Gasteiger partial charge in [0.05, 0.1) is 4.92 Å². The van der Waals surface area contributed by atoms with Crippen LogP contribution in [0, 0.1) is 17.0 Å². The Morgan fingerprint density at radius 3 is 2.65 bits per heavy atom. The van der Waals surface area contributed by atoms with Gasteiger partial charge in [-0.25, -0.2) is 0 Å². The number of nitrogens with one attached hydrogen (secondary N) is 1. The van der Waals surface area contributed by atoms with Crippen molar-refractivity contribution in [1.29, 1.82) is 0 Å². The van der Waals surface area contributed by atoms with Gasteiger partial charge in [-0.05, 0) is 37.1 Å². The maximum absolute atomic E-state index is 11.3. The Kier molecular flexibility index (Phi) is 5.50. The van der Waals surface area contributed by atoms with Crippen molar-refractivity contribution < 1.29 is 9.13 Å². The Morgan fingerprint density at radius 1 is 1.26 bits per heavy atom. The Morgan fingerprint density at radius 2 is 2.00 bits per heavy atom. The van der Waals surface area contributed by atoms with Crippen LogP contribution >= 0.6 is 0 Å². The van der Waals surface area contributed by atoms with E-state index in [0.717, 1.165) is 16.8 Å². The maximum Gasteiger partial charge on any atom is 0.272 e. The van der Waals surface area contributed by atoms with Crippen molar-refractivity contribution in [3.63, 3.8) is 0 Å². The largest absolute Gasteiger partial charge is 0.379 e. The average molecular weight is 332 g/mol. The third-order valence-corrected chi connectivity index (χ3v) is 4.35. The fourth-order valence-electron chi connectivity index (χ4n) is 2.41. The lowest BCUT2D eigenvalue weighted by Crippen LogP contribution is -2.08. The summed E-state index contributed by atoms with van der Waals surface area (Å²) in [5, 5.41) is 14.4. The number of nitro groups is 1. The van der Waals surface area contributed by atoms with E-state index in [1.54, 1.807) is 25.3 Å². The van der Waals surface area contributed by atoms with Crippen LogP contribution in [0.1, 0.15) is 29.7 Å². The van der Waals surface area contributed by atoms with E-state index in [0.29, 0.717) is 11.3 Å². The molecule has 6 heteroatoms. The van der Waals surface area contributed by atoms with Crippen molar-refractivity contribution in [1.82, 2.24) is 0 Å². The number of hydrogen-bond acceptors (Lipinski definition) is 4. The zero-order chi connectivity index (χ0) is 17.0. The average Bonchev–Trinajstić information content (AvgIpc) is 2.46. The predicted octanol–water partition coefficient (Wildman–Crippen LogP) is 3.95. The molecular formula is C17H20N2O3S. The molecule has 122 valence electrons. The van der Waals surface area contributed by atoms with Gasteiger partial charge in [0.15, 0.2) is 0 Å². The van der Waals surface area contributed by atoms with Gasteiger partial charge in [0.25, 0.3) is 5.69 Å². The summed E-state index contributed by atoms with van der Waals surface area (Å²) < 4.78 is 11.3. The van der Waals surface area contributed by atoms with Gasteiger partial charge in [-0.15, -0.1) is 0 Å². The molecule has 2 aromatic carbocycles. The molecule has 0 aromatic heterocycles. The van der Waals surface area contributed by atoms with Crippen LogP contribution in [0.15, 0.2) is 42.5 Å². The first-order valence-corrected chi connectivity index (χ1v) is 9.00. The molecule has 0 unspecified atom stereocenters. The molecule has 2 atom stereocenters. The van der Waals surface area contributed by atoms with E-state index in [9.17, 15) is 14.3 Å². The maximum atomic E-state index is 11.3. The Balaban J connectivity index is 2.19. The van der Waals surface area contributed by atoms with Crippen molar-refractivity contribution in [2.75, 3.05) is 11.6 Å². The molecule has 0 spiro atoms. The van der Waals surface area contributed by atoms with Crippen molar-refractivity contribution in [3.8, 4) is 0 Å². The SMILES string of the molecule is Cc1ccc([C@H](C)Nc2cccc(C[S@@](C)=O)c2)cc1[N+](=O)[O-]. The van der Waals surface area contributed by atoms with Crippen LogP contribution in [0.3, 0.4) is 0 Å². The summed E-state index contributed by atoms with van der Waals surface area (Å²) in [6.07, 6.45) is 1.67. The smallest absolute Gasteiger partial charge is 0.272 e. The highest BCUT2D eigenvalue weighted by Crippen LogP contribution is 2.26. The number of benzene rings is 2. The monoisotopic (exact) mass is 332 g/mol. The molecule has 0 aliphatic carbocycles. The third-order valence-electron chi connectivity index (χ3n) is 3.61. The topological polar surface area (TPSA) is 72.2 Å². The minimum atomic E-state index is -0.887. The van der Waals surface area contributed by atoms with Gasteiger partial charge in [-0.3, -0.25) is 14.3 Å². The summed E-state index contributed by atoms with van der Waals surface area (Å²) in [6.45, 7) is 3.69. The molecule has 1 N–H and O–H groups in total.